The van der Waals surface area contributed by atoms with Gasteiger partial charge in [-0.2, -0.15) is 0 Å². The van der Waals surface area contributed by atoms with Gasteiger partial charge >= 0.3 is 5.97 Å². The average Bonchev–Trinajstić information content (AvgIpc) is 2.94. The summed E-state index contributed by atoms with van der Waals surface area (Å²) in [4.78, 5) is 21.1. The Morgan fingerprint density at radius 1 is 1.02 bits per heavy atom. The van der Waals surface area contributed by atoms with Crippen LogP contribution < -0.4 is 4.90 Å². The summed E-state index contributed by atoms with van der Waals surface area (Å²) in [6, 6.07) is 12.5. The standard InChI is InChI=1S/C32H37Cl2N3O3.C4H10O/c1-20-5-4-6-26(33)25(20)18-36-12-9-21-15-22(7-8-23(21)17-36)29-27(19-38)35-31(34)24(16-28(39)40)30(29)37-13-10-32(2,3)11-14-37;1-4(2,3)5/h4-8,15,38H,9-14,16-19H2,1-3H3,(H,39,40);5H,1-3H3. The van der Waals surface area contributed by atoms with E-state index in [0.717, 1.165) is 73.8 Å². The normalized spacial score (nSPS) is 16.5. The highest BCUT2D eigenvalue weighted by molar-refractivity contribution is 6.31. The number of nitrogens with zero attached hydrogens (tertiary/aromatic N) is 3. The number of halogens is 2. The van der Waals surface area contributed by atoms with Crippen molar-refractivity contribution in [2.24, 2.45) is 5.41 Å². The van der Waals surface area contributed by atoms with E-state index in [1.165, 1.54) is 22.3 Å². The third kappa shape index (κ3) is 9.20. The quantitative estimate of drug-likeness (QED) is 0.228. The number of benzene rings is 2. The van der Waals surface area contributed by atoms with Gasteiger partial charge in [-0.25, -0.2) is 4.98 Å². The summed E-state index contributed by atoms with van der Waals surface area (Å²) in [7, 11) is 0. The molecule has 2 aliphatic rings. The number of aliphatic hydroxyl groups excluding tert-OH is 1. The Kier molecular flexibility index (Phi) is 11.3. The Bertz CT molecular complexity index is 1500. The lowest BCUT2D eigenvalue weighted by Gasteiger charge is -2.40. The van der Waals surface area contributed by atoms with Crippen molar-refractivity contribution < 1.29 is 20.1 Å². The number of hydrogen-bond acceptors (Lipinski definition) is 6. The van der Waals surface area contributed by atoms with E-state index in [1.807, 2.05) is 12.1 Å². The Labute approximate surface area is 277 Å². The van der Waals surface area contributed by atoms with Crippen LogP contribution >= 0.6 is 23.2 Å². The van der Waals surface area contributed by atoms with E-state index in [2.05, 4.69) is 59.8 Å². The van der Waals surface area contributed by atoms with Crippen LogP contribution in [0.1, 0.15) is 81.0 Å². The number of anilines is 1. The number of aliphatic carboxylic acids is 1. The largest absolute Gasteiger partial charge is 0.481 e. The van der Waals surface area contributed by atoms with Crippen LogP contribution in [0.5, 0.6) is 0 Å². The van der Waals surface area contributed by atoms with E-state index in [4.69, 9.17) is 28.3 Å². The second kappa shape index (κ2) is 14.4. The molecule has 2 aromatic carbocycles. The first-order chi connectivity index (χ1) is 21.1. The summed E-state index contributed by atoms with van der Waals surface area (Å²) in [6.07, 6.45) is 2.63. The third-order valence-electron chi connectivity index (χ3n) is 8.53. The number of hydrogen-bond donors (Lipinski definition) is 3. The molecule has 0 atom stereocenters. The molecule has 0 bridgehead atoms. The number of pyridine rings is 1. The molecule has 0 spiro atoms. The van der Waals surface area contributed by atoms with Crippen LogP contribution in [0, 0.1) is 12.3 Å². The lowest BCUT2D eigenvalue weighted by molar-refractivity contribution is -0.136. The second-order valence-electron chi connectivity index (χ2n) is 14.1. The number of aryl methyl sites for hydroxylation is 1. The fourth-order valence-electron chi connectivity index (χ4n) is 6.03. The minimum absolute atomic E-state index is 0.151. The summed E-state index contributed by atoms with van der Waals surface area (Å²) < 4.78 is 0. The molecule has 0 amide bonds. The predicted octanol–water partition coefficient (Wildman–Crippen LogP) is 7.45. The number of aromatic nitrogens is 1. The number of fused-ring (bicyclic) bond motifs is 1. The second-order valence-corrected chi connectivity index (χ2v) is 14.8. The zero-order chi connectivity index (χ0) is 33.1. The SMILES string of the molecule is CC(C)(C)O.Cc1cccc(Cl)c1CN1CCc2cc(-c3c(CO)nc(Cl)c(CC(=O)O)c3N3CCC(C)(C)CC3)ccc2C1. The van der Waals surface area contributed by atoms with Gasteiger partial charge in [0.2, 0.25) is 0 Å². The molecule has 5 rings (SSSR count). The van der Waals surface area contributed by atoms with Gasteiger partial charge in [0.05, 0.1) is 30.0 Å². The Balaban J connectivity index is 0.000000854. The topological polar surface area (TPSA) is 97.1 Å². The van der Waals surface area contributed by atoms with Crippen molar-refractivity contribution in [1.82, 2.24) is 9.88 Å². The highest BCUT2D eigenvalue weighted by Crippen LogP contribution is 2.43. The molecule has 3 aromatic rings. The van der Waals surface area contributed by atoms with Crippen LogP contribution in [0.25, 0.3) is 11.1 Å². The smallest absolute Gasteiger partial charge is 0.308 e. The minimum atomic E-state index is -0.954. The van der Waals surface area contributed by atoms with Gasteiger partial charge < -0.3 is 20.2 Å². The van der Waals surface area contributed by atoms with Crippen LogP contribution in [0.4, 0.5) is 5.69 Å². The average molecular weight is 657 g/mol. The molecule has 3 N–H and O–H groups in total. The highest BCUT2D eigenvalue weighted by atomic mass is 35.5. The van der Waals surface area contributed by atoms with E-state index in [-0.39, 0.29) is 23.6 Å². The maximum Gasteiger partial charge on any atom is 0.308 e. The van der Waals surface area contributed by atoms with Gasteiger partial charge in [0.1, 0.15) is 5.15 Å². The van der Waals surface area contributed by atoms with E-state index in [0.29, 0.717) is 11.3 Å². The highest BCUT2D eigenvalue weighted by Gasteiger charge is 2.31. The molecule has 2 aliphatic heterocycles. The number of piperidine rings is 1. The van der Waals surface area contributed by atoms with Crippen LogP contribution in [0.3, 0.4) is 0 Å². The van der Waals surface area contributed by atoms with E-state index >= 15 is 0 Å². The van der Waals surface area contributed by atoms with Gasteiger partial charge in [-0.1, -0.05) is 67.4 Å². The summed E-state index contributed by atoms with van der Waals surface area (Å²) in [5.74, 6) is -0.954. The zero-order valence-corrected chi connectivity index (χ0v) is 28.9. The molecular formula is C36H47Cl2N3O4. The van der Waals surface area contributed by atoms with Gasteiger partial charge in [0.25, 0.3) is 0 Å². The molecule has 1 aromatic heterocycles. The molecule has 1 fully saturated rings. The van der Waals surface area contributed by atoms with Crippen molar-refractivity contribution in [3.8, 4) is 11.1 Å². The Morgan fingerprint density at radius 2 is 1.69 bits per heavy atom. The monoisotopic (exact) mass is 655 g/mol. The molecular weight excluding hydrogens is 609 g/mol. The molecule has 1 saturated heterocycles. The molecule has 0 aliphatic carbocycles. The van der Waals surface area contributed by atoms with Crippen LogP contribution in [-0.2, 0) is 37.3 Å². The summed E-state index contributed by atoms with van der Waals surface area (Å²) >= 11 is 13.1. The number of carboxylic acids is 1. The molecule has 0 radical (unpaired) electrons. The summed E-state index contributed by atoms with van der Waals surface area (Å²) in [5.41, 5.74) is 8.14. The van der Waals surface area contributed by atoms with Gasteiger partial charge in [-0.15, -0.1) is 0 Å². The third-order valence-corrected chi connectivity index (χ3v) is 9.19. The van der Waals surface area contributed by atoms with Gasteiger partial charge in [-0.3, -0.25) is 9.69 Å². The minimum Gasteiger partial charge on any atom is -0.481 e. The van der Waals surface area contributed by atoms with Gasteiger partial charge in [0.15, 0.2) is 0 Å². The van der Waals surface area contributed by atoms with Crippen molar-refractivity contribution in [1.29, 1.82) is 0 Å². The molecule has 3 heterocycles. The van der Waals surface area contributed by atoms with Crippen molar-refractivity contribution in [3.05, 3.63) is 80.1 Å². The van der Waals surface area contributed by atoms with Crippen LogP contribution in [0.15, 0.2) is 36.4 Å². The predicted molar refractivity (Wildman–Crippen MR) is 183 cm³/mol. The molecule has 244 valence electrons. The van der Waals surface area contributed by atoms with Crippen molar-refractivity contribution in [2.45, 2.75) is 92.5 Å². The number of carbonyl (C=O) groups is 1. The van der Waals surface area contributed by atoms with Gasteiger partial charge in [-0.05, 0) is 86.3 Å². The fraction of sp³-hybridized carbons (Fsp3) is 0.500. The molecule has 45 heavy (non-hydrogen) atoms. The van der Waals surface area contributed by atoms with Crippen LogP contribution in [-0.4, -0.2) is 56.4 Å². The first-order valence-corrected chi connectivity index (χ1v) is 16.4. The van der Waals surface area contributed by atoms with Gasteiger partial charge in [0, 0.05) is 48.9 Å². The fourth-order valence-corrected chi connectivity index (χ4v) is 6.57. The van der Waals surface area contributed by atoms with Crippen molar-refractivity contribution in [2.75, 3.05) is 24.5 Å². The lowest BCUT2D eigenvalue weighted by Crippen LogP contribution is -2.38. The first-order valence-electron chi connectivity index (χ1n) is 15.7. The maximum absolute atomic E-state index is 11.9. The first kappa shape index (κ1) is 35.2. The zero-order valence-electron chi connectivity index (χ0n) is 27.4. The van der Waals surface area contributed by atoms with E-state index in [9.17, 15) is 15.0 Å². The molecule has 0 saturated carbocycles. The van der Waals surface area contributed by atoms with E-state index in [1.54, 1.807) is 20.8 Å². The maximum atomic E-state index is 11.9. The molecule has 9 heteroatoms. The summed E-state index contributed by atoms with van der Waals surface area (Å²) in [5, 5.41) is 29.6. The molecule has 0 unspecified atom stereocenters. The van der Waals surface area contributed by atoms with Crippen molar-refractivity contribution >= 4 is 34.9 Å². The Morgan fingerprint density at radius 3 is 2.29 bits per heavy atom. The number of carboxylic acid groups (broad SMARTS) is 1. The van der Waals surface area contributed by atoms with Crippen LogP contribution in [0.2, 0.25) is 10.2 Å². The van der Waals surface area contributed by atoms with Crippen molar-refractivity contribution in [3.63, 3.8) is 0 Å². The lowest BCUT2D eigenvalue weighted by atomic mass is 9.82. The van der Waals surface area contributed by atoms with E-state index < -0.39 is 11.6 Å². The molecule has 7 nitrogen and oxygen atoms in total. The Hall–Kier alpha value is -2.68. The number of rotatable bonds is 7. The summed E-state index contributed by atoms with van der Waals surface area (Å²) in [6.45, 7) is 15.7. The number of aliphatic hydroxyl groups is 2.